The monoisotopic (exact) mass is 537 g/mol. The molecule has 1 amide bonds. The number of ether oxygens (including phenoxy) is 2. The third kappa shape index (κ3) is 6.55. The Bertz CT molecular complexity index is 1460. The van der Waals surface area contributed by atoms with Gasteiger partial charge in [0.05, 0.1) is 18.8 Å². The van der Waals surface area contributed by atoms with Gasteiger partial charge in [-0.1, -0.05) is 23.4 Å². The first-order chi connectivity index (χ1) is 18.6. The Labute approximate surface area is 223 Å². The number of nitrogens with one attached hydrogen (secondary N) is 1. The zero-order chi connectivity index (χ0) is 28.2. The molecule has 3 aromatic heterocycles. The topological polar surface area (TPSA) is 138 Å². The molecule has 0 aliphatic heterocycles. The molecule has 1 aromatic carbocycles. The van der Waals surface area contributed by atoms with Gasteiger partial charge in [-0.25, -0.2) is 29.0 Å². The van der Waals surface area contributed by atoms with Crippen LogP contribution in [0.5, 0.6) is 0 Å². The second-order valence-electron chi connectivity index (χ2n) is 9.38. The minimum atomic E-state index is -0.740. The molecule has 39 heavy (non-hydrogen) atoms. The Hall–Kier alpha value is -4.81. The molecule has 0 fully saturated rings. The van der Waals surface area contributed by atoms with Crippen LogP contribution in [0.4, 0.5) is 15.0 Å². The van der Waals surface area contributed by atoms with E-state index in [9.17, 15) is 14.0 Å². The average Bonchev–Trinajstić information content (AvgIpc) is 3.55. The van der Waals surface area contributed by atoms with Crippen LogP contribution in [0, 0.1) is 5.82 Å². The van der Waals surface area contributed by atoms with Gasteiger partial charge in [-0.2, -0.15) is 5.10 Å². The molecule has 0 spiro atoms. The van der Waals surface area contributed by atoms with Gasteiger partial charge in [0.25, 0.3) is 0 Å². The molecule has 0 bridgehead atoms. The molecule has 0 aliphatic carbocycles. The van der Waals surface area contributed by atoms with Gasteiger partial charge in [0, 0.05) is 24.9 Å². The molecule has 0 saturated heterocycles. The lowest BCUT2D eigenvalue weighted by atomic mass is 10.2. The summed E-state index contributed by atoms with van der Waals surface area (Å²) in [6.45, 7) is 7.09. The lowest BCUT2D eigenvalue weighted by Gasteiger charge is -2.25. The summed E-state index contributed by atoms with van der Waals surface area (Å²) >= 11 is 0. The lowest BCUT2D eigenvalue weighted by Crippen LogP contribution is -2.38. The normalized spacial score (nSPS) is 11.2. The Morgan fingerprint density at radius 2 is 1.95 bits per heavy atom. The number of benzene rings is 1. The van der Waals surface area contributed by atoms with Crippen LogP contribution in [0.3, 0.4) is 0 Å². The Morgan fingerprint density at radius 3 is 2.62 bits per heavy atom. The van der Waals surface area contributed by atoms with Gasteiger partial charge in [-0.15, -0.1) is 0 Å². The van der Waals surface area contributed by atoms with Gasteiger partial charge in [0.15, 0.2) is 11.6 Å². The highest BCUT2D eigenvalue weighted by Gasteiger charge is 2.24. The molecule has 0 atom stereocenters. The molecule has 204 valence electrons. The van der Waals surface area contributed by atoms with E-state index in [-0.39, 0.29) is 36.2 Å². The molecule has 0 radical (unpaired) electrons. The van der Waals surface area contributed by atoms with E-state index in [0.29, 0.717) is 22.6 Å². The van der Waals surface area contributed by atoms with Crippen LogP contribution in [-0.2, 0) is 16.0 Å². The van der Waals surface area contributed by atoms with E-state index < -0.39 is 17.7 Å². The van der Waals surface area contributed by atoms with Gasteiger partial charge < -0.3 is 14.0 Å². The first kappa shape index (κ1) is 27.2. The standard InChI is InChI=1S/C26H28FN7O5/c1-6-37-24(35)17-14-28-23(29-22(17)31-33(5)25(36)39-26(2,3)4)20-13-21(19-11-12-38-32-19)34(30-20)15-16-9-7-8-10-18(16)27/h7-14H,6,15H2,1-5H3,(H,28,29,31). The number of hydrogen-bond acceptors (Lipinski definition) is 10. The van der Waals surface area contributed by atoms with Crippen molar-refractivity contribution in [2.75, 3.05) is 19.1 Å². The number of halogens is 1. The summed E-state index contributed by atoms with van der Waals surface area (Å²) in [5.41, 5.74) is 3.75. The van der Waals surface area contributed by atoms with Gasteiger partial charge in [-0.05, 0) is 39.8 Å². The van der Waals surface area contributed by atoms with Gasteiger partial charge >= 0.3 is 12.1 Å². The number of rotatable bonds is 8. The van der Waals surface area contributed by atoms with Crippen LogP contribution in [0.1, 0.15) is 43.6 Å². The Balaban J connectivity index is 1.73. The molecular weight excluding hydrogens is 509 g/mol. The average molecular weight is 538 g/mol. The first-order valence-electron chi connectivity index (χ1n) is 12.1. The summed E-state index contributed by atoms with van der Waals surface area (Å²) in [4.78, 5) is 33.9. The number of carbonyl (C=O) groups is 2. The van der Waals surface area contributed by atoms with Crippen LogP contribution < -0.4 is 5.43 Å². The van der Waals surface area contributed by atoms with Crippen molar-refractivity contribution in [2.45, 2.75) is 39.8 Å². The summed E-state index contributed by atoms with van der Waals surface area (Å²) in [6, 6.07) is 9.67. The van der Waals surface area contributed by atoms with E-state index in [0.717, 1.165) is 5.01 Å². The molecule has 13 heteroatoms. The third-order valence-electron chi connectivity index (χ3n) is 5.21. The van der Waals surface area contributed by atoms with E-state index in [4.69, 9.17) is 14.0 Å². The van der Waals surface area contributed by atoms with Crippen molar-refractivity contribution in [1.82, 2.24) is 29.9 Å². The first-order valence-corrected chi connectivity index (χ1v) is 12.1. The van der Waals surface area contributed by atoms with Crippen molar-refractivity contribution in [2.24, 2.45) is 0 Å². The van der Waals surface area contributed by atoms with Crippen molar-refractivity contribution in [3.8, 4) is 22.9 Å². The molecule has 0 aliphatic rings. The molecule has 1 N–H and O–H groups in total. The number of anilines is 1. The van der Waals surface area contributed by atoms with Crippen LogP contribution >= 0.6 is 0 Å². The second kappa shape index (κ2) is 11.3. The van der Waals surface area contributed by atoms with Crippen molar-refractivity contribution < 1.29 is 28.0 Å². The molecule has 0 unspecified atom stereocenters. The number of aromatic nitrogens is 5. The number of hydrogen-bond donors (Lipinski definition) is 1. The third-order valence-corrected chi connectivity index (χ3v) is 5.21. The molecule has 4 aromatic rings. The Morgan fingerprint density at radius 1 is 1.18 bits per heavy atom. The summed E-state index contributed by atoms with van der Waals surface area (Å²) in [7, 11) is 1.43. The minimum Gasteiger partial charge on any atom is -0.462 e. The lowest BCUT2D eigenvalue weighted by molar-refractivity contribution is 0.0335. The smallest absolute Gasteiger partial charge is 0.428 e. The van der Waals surface area contributed by atoms with Crippen molar-refractivity contribution in [1.29, 1.82) is 0 Å². The zero-order valence-electron chi connectivity index (χ0n) is 22.1. The minimum absolute atomic E-state index is 0.00137. The van der Waals surface area contributed by atoms with Crippen LogP contribution in [0.15, 0.2) is 53.4 Å². The highest BCUT2D eigenvalue weighted by atomic mass is 19.1. The van der Waals surface area contributed by atoms with Crippen LogP contribution in [0.2, 0.25) is 0 Å². The number of carbonyl (C=O) groups excluding carboxylic acids is 2. The van der Waals surface area contributed by atoms with Crippen molar-refractivity contribution in [3.63, 3.8) is 0 Å². The van der Waals surface area contributed by atoms with Gasteiger partial charge in [-0.3, -0.25) is 10.1 Å². The zero-order valence-corrected chi connectivity index (χ0v) is 22.1. The quantitative estimate of drug-likeness (QED) is 0.252. The van der Waals surface area contributed by atoms with Crippen molar-refractivity contribution >= 4 is 17.9 Å². The number of nitrogens with zero attached hydrogens (tertiary/aromatic N) is 6. The Kier molecular flexibility index (Phi) is 7.88. The maximum atomic E-state index is 14.4. The van der Waals surface area contributed by atoms with E-state index in [1.807, 2.05) is 0 Å². The van der Waals surface area contributed by atoms with Crippen molar-refractivity contribution in [3.05, 3.63) is 65.8 Å². The predicted octanol–water partition coefficient (Wildman–Crippen LogP) is 4.55. The van der Waals surface area contributed by atoms with E-state index in [2.05, 4.69) is 25.6 Å². The fraction of sp³-hybridized carbons (Fsp3) is 0.308. The second-order valence-corrected chi connectivity index (χ2v) is 9.38. The molecule has 12 nitrogen and oxygen atoms in total. The molecular formula is C26H28FN7O5. The summed E-state index contributed by atoms with van der Waals surface area (Å²) in [5, 5.41) is 9.61. The predicted molar refractivity (Wildman–Crippen MR) is 138 cm³/mol. The largest absolute Gasteiger partial charge is 0.462 e. The van der Waals surface area contributed by atoms with E-state index >= 15 is 0 Å². The summed E-state index contributed by atoms with van der Waals surface area (Å²) < 4.78 is 31.4. The van der Waals surface area contributed by atoms with E-state index in [1.165, 1.54) is 25.6 Å². The maximum Gasteiger partial charge on any atom is 0.428 e. The SMILES string of the molecule is CCOC(=O)c1cnc(-c2cc(-c3ccon3)n(Cc3ccccc3F)n2)nc1NN(C)C(=O)OC(C)(C)C. The highest BCUT2D eigenvalue weighted by Crippen LogP contribution is 2.26. The van der Waals surface area contributed by atoms with Crippen LogP contribution in [0.25, 0.3) is 22.9 Å². The summed E-state index contributed by atoms with van der Waals surface area (Å²) in [5.74, 6) is -0.941. The number of amides is 1. The van der Waals surface area contributed by atoms with Gasteiger partial charge in [0.2, 0.25) is 0 Å². The maximum absolute atomic E-state index is 14.4. The number of esters is 1. The van der Waals surface area contributed by atoms with Crippen LogP contribution in [-0.4, -0.2) is 61.2 Å². The molecule has 0 saturated carbocycles. The number of hydrazine groups is 1. The van der Waals surface area contributed by atoms with Gasteiger partial charge in [0.1, 0.15) is 34.6 Å². The fourth-order valence-corrected chi connectivity index (χ4v) is 3.47. The highest BCUT2D eigenvalue weighted by molar-refractivity contribution is 5.94. The fourth-order valence-electron chi connectivity index (χ4n) is 3.47. The summed E-state index contributed by atoms with van der Waals surface area (Å²) in [6.07, 6.45) is 1.99. The molecule has 4 rings (SSSR count). The molecule has 3 heterocycles. The van der Waals surface area contributed by atoms with E-state index in [1.54, 1.807) is 62.7 Å².